The molecule has 0 heterocycles. The van der Waals surface area contributed by atoms with Crippen molar-refractivity contribution in [3.63, 3.8) is 0 Å². The summed E-state index contributed by atoms with van der Waals surface area (Å²) in [5, 5.41) is 10.9. The van der Waals surface area contributed by atoms with E-state index in [0.717, 1.165) is 5.56 Å². The molecular formula is C28H42O. The summed E-state index contributed by atoms with van der Waals surface area (Å²) < 4.78 is 0. The van der Waals surface area contributed by atoms with Gasteiger partial charge in [0, 0.05) is 11.0 Å². The quantitative estimate of drug-likeness (QED) is 0.337. The normalized spacial score (nSPS) is 12.8. The molecule has 0 saturated heterocycles. The zero-order valence-electron chi connectivity index (χ0n) is 19.2. The summed E-state index contributed by atoms with van der Waals surface area (Å²) in [4.78, 5) is 0. The van der Waals surface area contributed by atoms with Gasteiger partial charge in [-0.3, -0.25) is 0 Å². The molecule has 2 aromatic carbocycles. The molecule has 0 amide bonds. The van der Waals surface area contributed by atoms with Crippen LogP contribution in [0.25, 0.3) is 0 Å². The average molecular weight is 395 g/mol. The second kappa shape index (κ2) is 12.1. The number of unbranched alkanes of at least 4 members (excludes halogenated alkanes) is 6. The van der Waals surface area contributed by atoms with Crippen LogP contribution < -0.4 is 0 Å². The maximum absolute atomic E-state index is 10.9. The summed E-state index contributed by atoms with van der Waals surface area (Å²) in [5.74, 6) is 0.970. The van der Waals surface area contributed by atoms with Crippen LogP contribution in [-0.2, 0) is 5.41 Å². The van der Waals surface area contributed by atoms with Crippen molar-refractivity contribution in [2.24, 2.45) is 0 Å². The molecule has 0 aliphatic carbocycles. The number of benzene rings is 2. The van der Waals surface area contributed by atoms with Crippen LogP contribution in [-0.4, -0.2) is 5.11 Å². The van der Waals surface area contributed by atoms with Gasteiger partial charge in [0.05, 0.1) is 0 Å². The zero-order valence-corrected chi connectivity index (χ0v) is 19.2. The molecule has 1 N–H and O–H groups in total. The Balaban J connectivity index is 2.19. The maximum atomic E-state index is 10.9. The van der Waals surface area contributed by atoms with Crippen molar-refractivity contribution >= 4 is 0 Å². The molecular weight excluding hydrogens is 352 g/mol. The molecule has 0 aliphatic rings. The highest BCUT2D eigenvalue weighted by Crippen LogP contribution is 2.43. The lowest BCUT2D eigenvalue weighted by atomic mass is 9.72. The predicted molar refractivity (Wildman–Crippen MR) is 127 cm³/mol. The number of rotatable bonds is 13. The molecule has 0 aromatic heterocycles. The lowest BCUT2D eigenvalue weighted by Gasteiger charge is -2.32. The summed E-state index contributed by atoms with van der Waals surface area (Å²) >= 11 is 0. The number of hydrogen-bond donors (Lipinski definition) is 1. The van der Waals surface area contributed by atoms with Gasteiger partial charge in [-0.1, -0.05) is 122 Å². The van der Waals surface area contributed by atoms with Gasteiger partial charge in [0.1, 0.15) is 5.75 Å². The second-order valence-corrected chi connectivity index (χ2v) is 9.13. The molecule has 29 heavy (non-hydrogen) atoms. The third kappa shape index (κ3) is 6.63. The Hall–Kier alpha value is -1.76. The van der Waals surface area contributed by atoms with Crippen LogP contribution in [0.3, 0.4) is 0 Å². The Kier molecular flexibility index (Phi) is 9.78. The largest absolute Gasteiger partial charge is 0.508 e. The number of aromatic hydroxyl groups is 1. The Morgan fingerprint density at radius 2 is 1.38 bits per heavy atom. The van der Waals surface area contributed by atoms with Gasteiger partial charge >= 0.3 is 0 Å². The molecule has 0 saturated carbocycles. The Labute approximate surface area is 179 Å². The summed E-state index contributed by atoms with van der Waals surface area (Å²) in [6.07, 6.45) is 13.0. The topological polar surface area (TPSA) is 20.2 Å². The highest BCUT2D eigenvalue weighted by Gasteiger charge is 2.30. The highest BCUT2D eigenvalue weighted by molar-refractivity contribution is 5.51. The SMILES string of the molecule is CCCCCCCCCC(CCC)c1cccc(O)c1C(C)(C)c1ccccc1. The summed E-state index contributed by atoms with van der Waals surface area (Å²) in [7, 11) is 0. The van der Waals surface area contributed by atoms with E-state index in [1.165, 1.54) is 75.3 Å². The fourth-order valence-electron chi connectivity index (χ4n) is 4.73. The predicted octanol–water partition coefficient (Wildman–Crippen LogP) is 8.74. The first-order valence-electron chi connectivity index (χ1n) is 11.9. The monoisotopic (exact) mass is 394 g/mol. The van der Waals surface area contributed by atoms with E-state index in [4.69, 9.17) is 0 Å². The van der Waals surface area contributed by atoms with E-state index in [0.29, 0.717) is 11.7 Å². The van der Waals surface area contributed by atoms with Gasteiger partial charge in [0.25, 0.3) is 0 Å². The van der Waals surface area contributed by atoms with Crippen LogP contribution in [0.2, 0.25) is 0 Å². The Morgan fingerprint density at radius 1 is 0.724 bits per heavy atom. The van der Waals surface area contributed by atoms with Crippen molar-refractivity contribution in [1.82, 2.24) is 0 Å². The van der Waals surface area contributed by atoms with Crippen LogP contribution in [0, 0.1) is 0 Å². The number of hydrogen-bond acceptors (Lipinski definition) is 1. The third-order valence-corrected chi connectivity index (χ3v) is 6.43. The fourth-order valence-corrected chi connectivity index (χ4v) is 4.73. The van der Waals surface area contributed by atoms with Gasteiger partial charge in [0.15, 0.2) is 0 Å². The van der Waals surface area contributed by atoms with Crippen molar-refractivity contribution < 1.29 is 5.11 Å². The van der Waals surface area contributed by atoms with Gasteiger partial charge in [0.2, 0.25) is 0 Å². The van der Waals surface area contributed by atoms with E-state index in [1.807, 2.05) is 12.1 Å². The number of phenolic OH excluding ortho intramolecular Hbond substituents is 1. The van der Waals surface area contributed by atoms with Crippen LogP contribution in [0.5, 0.6) is 5.75 Å². The van der Waals surface area contributed by atoms with Crippen LogP contribution in [0.15, 0.2) is 48.5 Å². The highest BCUT2D eigenvalue weighted by atomic mass is 16.3. The number of phenols is 1. The van der Waals surface area contributed by atoms with E-state index >= 15 is 0 Å². The van der Waals surface area contributed by atoms with Gasteiger partial charge in [-0.05, 0) is 36.0 Å². The van der Waals surface area contributed by atoms with E-state index in [9.17, 15) is 5.11 Å². The average Bonchev–Trinajstić information content (AvgIpc) is 2.72. The molecule has 1 unspecified atom stereocenters. The minimum atomic E-state index is -0.214. The lowest BCUT2D eigenvalue weighted by molar-refractivity contribution is 0.442. The van der Waals surface area contributed by atoms with Crippen molar-refractivity contribution in [2.45, 2.75) is 103 Å². The molecule has 1 heteroatoms. The summed E-state index contributed by atoms with van der Waals surface area (Å²) in [6.45, 7) is 9.05. The van der Waals surface area contributed by atoms with Crippen molar-refractivity contribution in [3.05, 3.63) is 65.2 Å². The van der Waals surface area contributed by atoms with E-state index in [-0.39, 0.29) is 5.41 Å². The van der Waals surface area contributed by atoms with Crippen LogP contribution >= 0.6 is 0 Å². The molecule has 0 aliphatic heterocycles. The maximum Gasteiger partial charge on any atom is 0.119 e. The molecule has 0 bridgehead atoms. The summed E-state index contributed by atoms with van der Waals surface area (Å²) in [5.41, 5.74) is 3.52. The van der Waals surface area contributed by atoms with E-state index < -0.39 is 0 Å². The van der Waals surface area contributed by atoms with Gasteiger partial charge in [-0.15, -0.1) is 0 Å². The lowest BCUT2D eigenvalue weighted by Crippen LogP contribution is -2.22. The Morgan fingerprint density at radius 3 is 2.03 bits per heavy atom. The Bertz CT molecular complexity index is 702. The standard InChI is InChI=1S/C28H42O/c1-5-7-8-9-10-11-13-18-23(17-6-2)25-21-16-22-26(29)27(25)28(3,4)24-19-14-12-15-20-24/h12,14-16,19-23,29H,5-11,13,17-18H2,1-4H3. The third-order valence-electron chi connectivity index (χ3n) is 6.43. The molecule has 2 rings (SSSR count). The smallest absolute Gasteiger partial charge is 0.119 e. The van der Waals surface area contributed by atoms with E-state index in [1.54, 1.807) is 0 Å². The van der Waals surface area contributed by atoms with Crippen LogP contribution in [0.4, 0.5) is 0 Å². The second-order valence-electron chi connectivity index (χ2n) is 9.13. The van der Waals surface area contributed by atoms with Gasteiger partial charge < -0.3 is 5.11 Å². The minimum Gasteiger partial charge on any atom is -0.508 e. The first-order valence-corrected chi connectivity index (χ1v) is 11.9. The van der Waals surface area contributed by atoms with Crippen molar-refractivity contribution in [3.8, 4) is 5.75 Å². The van der Waals surface area contributed by atoms with Gasteiger partial charge in [-0.25, -0.2) is 0 Å². The van der Waals surface area contributed by atoms with Crippen molar-refractivity contribution in [1.29, 1.82) is 0 Å². The first kappa shape index (κ1) is 23.5. The molecule has 0 spiro atoms. The first-order chi connectivity index (χ1) is 14.0. The zero-order chi connectivity index (χ0) is 21.1. The molecule has 1 nitrogen and oxygen atoms in total. The molecule has 160 valence electrons. The molecule has 2 aromatic rings. The molecule has 0 fully saturated rings. The molecule has 1 atom stereocenters. The summed E-state index contributed by atoms with van der Waals surface area (Å²) in [6, 6.07) is 16.8. The minimum absolute atomic E-state index is 0.214. The van der Waals surface area contributed by atoms with Crippen LogP contribution in [0.1, 0.15) is 115 Å². The fraction of sp³-hybridized carbons (Fsp3) is 0.571. The molecule has 0 radical (unpaired) electrons. The van der Waals surface area contributed by atoms with Crippen molar-refractivity contribution in [2.75, 3.05) is 0 Å². The van der Waals surface area contributed by atoms with E-state index in [2.05, 4.69) is 64.1 Å². The van der Waals surface area contributed by atoms with Gasteiger partial charge in [-0.2, -0.15) is 0 Å².